The second-order valence-electron chi connectivity index (χ2n) is 8.65. The second kappa shape index (κ2) is 11.9. The van der Waals surface area contributed by atoms with E-state index in [-0.39, 0.29) is 16.3 Å². The number of aromatic nitrogens is 1. The monoisotopic (exact) mass is 546 g/mol. The van der Waals surface area contributed by atoms with Crippen LogP contribution in [0.2, 0.25) is 0 Å². The third-order valence-electron chi connectivity index (χ3n) is 6.15. The van der Waals surface area contributed by atoms with Crippen molar-refractivity contribution in [2.75, 3.05) is 25.1 Å². The van der Waals surface area contributed by atoms with Crippen molar-refractivity contribution < 1.29 is 22.7 Å². The zero-order valence-corrected chi connectivity index (χ0v) is 23.0. The topological polar surface area (TPSA) is 102 Å². The summed E-state index contributed by atoms with van der Waals surface area (Å²) in [4.78, 5) is 13.0. The van der Waals surface area contributed by atoms with Crippen molar-refractivity contribution in [1.82, 2.24) is 9.99 Å². The van der Waals surface area contributed by atoms with Crippen molar-refractivity contribution in [3.8, 4) is 17.2 Å². The smallest absolute Gasteiger partial charge is 0.264 e. The maximum atomic E-state index is 13.6. The fourth-order valence-corrected chi connectivity index (χ4v) is 5.70. The molecule has 1 amide bonds. The highest BCUT2D eigenvalue weighted by atomic mass is 32.2. The molecule has 0 aliphatic heterocycles. The molecule has 0 radical (unpaired) electrons. The Morgan fingerprint density at radius 3 is 2.26 bits per heavy atom. The first-order valence-electron chi connectivity index (χ1n) is 12.1. The van der Waals surface area contributed by atoms with E-state index in [0.717, 1.165) is 26.9 Å². The van der Waals surface area contributed by atoms with Crippen LogP contribution in [0.1, 0.15) is 17.0 Å². The summed E-state index contributed by atoms with van der Waals surface area (Å²) >= 11 is 0. The van der Waals surface area contributed by atoms with Gasteiger partial charge >= 0.3 is 0 Å². The molecule has 0 saturated heterocycles. The highest BCUT2D eigenvalue weighted by Crippen LogP contribution is 2.35. The average Bonchev–Trinajstić information content (AvgIpc) is 3.24. The summed E-state index contributed by atoms with van der Waals surface area (Å²) in [6.45, 7) is 3.43. The zero-order chi connectivity index (χ0) is 28.0. The molecule has 0 saturated carbocycles. The van der Waals surface area contributed by atoms with Crippen LogP contribution in [0.4, 0.5) is 5.69 Å². The van der Waals surface area contributed by atoms with Gasteiger partial charge in [0.25, 0.3) is 15.9 Å². The van der Waals surface area contributed by atoms with Gasteiger partial charge in [0, 0.05) is 28.7 Å². The molecule has 0 aliphatic carbocycles. The van der Waals surface area contributed by atoms with E-state index in [2.05, 4.69) is 15.1 Å². The maximum absolute atomic E-state index is 13.6. The SMILES string of the molecule is COc1ccc(N(CC(=O)N/N=C/c2cc(C)n(-c3ccccc3)c2C)S(=O)(=O)c2ccccc2)c(OC)c1. The van der Waals surface area contributed by atoms with Crippen molar-refractivity contribution in [2.45, 2.75) is 18.7 Å². The predicted octanol–water partition coefficient (Wildman–Crippen LogP) is 4.46. The van der Waals surface area contributed by atoms with Gasteiger partial charge in [-0.1, -0.05) is 36.4 Å². The fourth-order valence-electron chi connectivity index (χ4n) is 4.24. The van der Waals surface area contributed by atoms with E-state index in [9.17, 15) is 13.2 Å². The van der Waals surface area contributed by atoms with Crippen LogP contribution in [0.15, 0.2) is 94.9 Å². The number of hydrogen-bond acceptors (Lipinski definition) is 6. The Hall–Kier alpha value is -4.57. The lowest BCUT2D eigenvalue weighted by Gasteiger charge is -2.25. The minimum Gasteiger partial charge on any atom is -0.497 e. The number of para-hydroxylation sites is 1. The number of carbonyl (C=O) groups excluding carboxylic acids is 1. The molecule has 3 aromatic carbocycles. The molecule has 1 N–H and O–H groups in total. The number of methoxy groups -OCH3 is 2. The summed E-state index contributed by atoms with van der Waals surface area (Å²) in [7, 11) is -1.21. The van der Waals surface area contributed by atoms with Gasteiger partial charge in [-0.25, -0.2) is 13.8 Å². The Labute approximate surface area is 228 Å². The van der Waals surface area contributed by atoms with Gasteiger partial charge in [0.15, 0.2) is 0 Å². The lowest BCUT2D eigenvalue weighted by Crippen LogP contribution is -2.39. The van der Waals surface area contributed by atoms with Crippen molar-refractivity contribution in [2.24, 2.45) is 5.10 Å². The number of nitrogens with one attached hydrogen (secondary N) is 1. The molecular formula is C29H30N4O5S. The number of amides is 1. The molecule has 0 atom stereocenters. The number of hydrazone groups is 1. The van der Waals surface area contributed by atoms with Crippen molar-refractivity contribution in [3.05, 3.63) is 102 Å². The highest BCUT2D eigenvalue weighted by molar-refractivity contribution is 7.92. The minimum atomic E-state index is -4.12. The number of nitrogens with zero attached hydrogens (tertiary/aromatic N) is 3. The quantitative estimate of drug-likeness (QED) is 0.234. The standard InChI is InChI=1S/C29H30N4O5S/c1-21-17-23(22(2)33(21)24-11-7-5-8-12-24)19-30-31-29(34)20-32(39(35,36)26-13-9-6-10-14-26)27-16-15-25(37-3)18-28(27)38-4/h5-19H,20H2,1-4H3,(H,31,34)/b30-19+. The summed E-state index contributed by atoms with van der Waals surface area (Å²) < 4.78 is 41.0. The van der Waals surface area contributed by atoms with E-state index < -0.39 is 22.5 Å². The summed E-state index contributed by atoms with van der Waals surface area (Å²) in [5.41, 5.74) is 6.45. The molecule has 202 valence electrons. The van der Waals surface area contributed by atoms with Gasteiger partial charge in [-0.15, -0.1) is 0 Å². The highest BCUT2D eigenvalue weighted by Gasteiger charge is 2.29. The number of carbonyl (C=O) groups is 1. The van der Waals surface area contributed by atoms with Gasteiger partial charge in [-0.05, 0) is 56.3 Å². The molecule has 10 heteroatoms. The molecule has 0 fully saturated rings. The Balaban J connectivity index is 1.60. The lowest BCUT2D eigenvalue weighted by molar-refractivity contribution is -0.119. The van der Waals surface area contributed by atoms with Gasteiger partial charge in [-0.3, -0.25) is 9.10 Å². The average molecular weight is 547 g/mol. The maximum Gasteiger partial charge on any atom is 0.264 e. The molecule has 39 heavy (non-hydrogen) atoms. The van der Waals surface area contributed by atoms with Gasteiger partial charge < -0.3 is 14.0 Å². The van der Waals surface area contributed by atoms with Crippen molar-refractivity contribution in [3.63, 3.8) is 0 Å². The van der Waals surface area contributed by atoms with Crippen LogP contribution >= 0.6 is 0 Å². The number of hydrogen-bond donors (Lipinski definition) is 1. The molecular weight excluding hydrogens is 516 g/mol. The predicted molar refractivity (Wildman–Crippen MR) is 151 cm³/mol. The van der Waals surface area contributed by atoms with E-state index in [1.165, 1.54) is 32.4 Å². The number of sulfonamides is 1. The van der Waals surface area contributed by atoms with Crippen LogP contribution in [-0.4, -0.2) is 45.9 Å². The van der Waals surface area contributed by atoms with E-state index in [1.54, 1.807) is 36.5 Å². The molecule has 4 aromatic rings. The molecule has 1 aromatic heterocycles. The summed E-state index contributed by atoms with van der Waals surface area (Å²) in [5.74, 6) is 0.0915. The third-order valence-corrected chi connectivity index (χ3v) is 7.93. The first kappa shape index (κ1) is 27.5. The van der Waals surface area contributed by atoms with Crippen LogP contribution < -0.4 is 19.2 Å². The van der Waals surface area contributed by atoms with Crippen LogP contribution in [0, 0.1) is 13.8 Å². The summed E-state index contributed by atoms with van der Waals surface area (Å²) in [6.07, 6.45) is 1.55. The molecule has 0 spiro atoms. The van der Waals surface area contributed by atoms with E-state index in [1.807, 2.05) is 50.2 Å². The van der Waals surface area contributed by atoms with Crippen LogP contribution in [-0.2, 0) is 14.8 Å². The summed E-state index contributed by atoms with van der Waals surface area (Å²) in [5, 5.41) is 4.11. The number of anilines is 1. The lowest BCUT2D eigenvalue weighted by atomic mass is 10.2. The number of ether oxygens (including phenoxy) is 2. The fraction of sp³-hybridized carbons (Fsp3) is 0.172. The van der Waals surface area contributed by atoms with Crippen molar-refractivity contribution >= 4 is 27.8 Å². The summed E-state index contributed by atoms with van der Waals surface area (Å²) in [6, 6.07) is 24.5. The normalized spacial score (nSPS) is 11.4. The first-order chi connectivity index (χ1) is 18.8. The molecule has 1 heterocycles. The molecule has 0 aliphatic rings. The van der Waals surface area contributed by atoms with E-state index in [0.29, 0.717) is 5.75 Å². The van der Waals surface area contributed by atoms with Crippen LogP contribution in [0.5, 0.6) is 11.5 Å². The zero-order valence-electron chi connectivity index (χ0n) is 22.2. The minimum absolute atomic E-state index is 0.0347. The number of rotatable bonds is 10. The Kier molecular flexibility index (Phi) is 8.36. The Morgan fingerprint density at radius 2 is 1.62 bits per heavy atom. The molecule has 0 bridgehead atoms. The molecule has 0 unspecified atom stereocenters. The van der Waals surface area contributed by atoms with Crippen LogP contribution in [0.3, 0.4) is 0 Å². The van der Waals surface area contributed by atoms with E-state index in [4.69, 9.17) is 9.47 Å². The second-order valence-corrected chi connectivity index (χ2v) is 10.5. The first-order valence-corrected chi connectivity index (χ1v) is 13.6. The molecule has 4 rings (SSSR count). The van der Waals surface area contributed by atoms with Crippen molar-refractivity contribution in [1.29, 1.82) is 0 Å². The number of aryl methyl sites for hydroxylation is 1. The Morgan fingerprint density at radius 1 is 0.949 bits per heavy atom. The largest absolute Gasteiger partial charge is 0.497 e. The van der Waals surface area contributed by atoms with Crippen LogP contribution in [0.25, 0.3) is 5.69 Å². The van der Waals surface area contributed by atoms with Gasteiger partial charge in [0.1, 0.15) is 18.0 Å². The Bertz CT molecular complexity index is 1580. The van der Waals surface area contributed by atoms with Gasteiger partial charge in [0.2, 0.25) is 0 Å². The van der Waals surface area contributed by atoms with Gasteiger partial charge in [-0.2, -0.15) is 5.10 Å². The number of benzene rings is 3. The van der Waals surface area contributed by atoms with E-state index >= 15 is 0 Å². The third kappa shape index (κ3) is 5.96. The molecule has 9 nitrogen and oxygen atoms in total. The van der Waals surface area contributed by atoms with Gasteiger partial charge in [0.05, 0.1) is 31.0 Å².